The smallest absolute Gasteiger partial charge is 0.410 e. The first-order chi connectivity index (χ1) is 8.29. The molecule has 1 rings (SSSR count). The summed E-state index contributed by atoms with van der Waals surface area (Å²) in [6, 6.07) is 0.430. The van der Waals surface area contributed by atoms with Gasteiger partial charge in [0.1, 0.15) is 0 Å². The second kappa shape index (κ2) is 8.37. The van der Waals surface area contributed by atoms with Crippen LogP contribution >= 0.6 is 0 Å². The average molecular weight is 241 g/mol. The highest BCUT2D eigenvalue weighted by atomic mass is 16.6. The zero-order valence-electron chi connectivity index (χ0n) is 11.4. The van der Waals surface area contributed by atoms with E-state index < -0.39 is 0 Å². The Morgan fingerprint density at radius 1 is 1.24 bits per heavy atom. The molecule has 17 heavy (non-hydrogen) atoms. The number of piperidine rings is 1. The fourth-order valence-electron chi connectivity index (χ4n) is 2.44. The van der Waals surface area contributed by atoms with Crippen LogP contribution in [0.5, 0.6) is 0 Å². The van der Waals surface area contributed by atoms with Crippen molar-refractivity contribution in [3.05, 3.63) is 0 Å². The predicted octanol–water partition coefficient (Wildman–Crippen LogP) is 3.97. The quantitative estimate of drug-likeness (QED) is 0.659. The van der Waals surface area contributed by atoms with Crippen molar-refractivity contribution in [2.45, 2.75) is 71.3 Å². The summed E-state index contributed by atoms with van der Waals surface area (Å²) >= 11 is 0. The van der Waals surface area contributed by atoms with Gasteiger partial charge in [-0.25, -0.2) is 4.79 Å². The maximum Gasteiger partial charge on any atom is 0.410 e. The number of rotatable bonds is 6. The van der Waals surface area contributed by atoms with E-state index in [1.165, 1.54) is 25.7 Å². The standard InChI is InChI=1S/C14H27NO2/c1-3-5-6-9-13-10-7-8-11-15(13)14(16)17-12-4-2/h13H,3-12H2,1-2H3/t13-/m0/s1. The maximum absolute atomic E-state index is 11.9. The van der Waals surface area contributed by atoms with Crippen molar-refractivity contribution in [1.82, 2.24) is 4.90 Å². The summed E-state index contributed by atoms with van der Waals surface area (Å²) in [7, 11) is 0. The second-order valence-electron chi connectivity index (χ2n) is 4.95. The monoisotopic (exact) mass is 241 g/mol. The molecule has 0 spiro atoms. The highest BCUT2D eigenvalue weighted by molar-refractivity contribution is 5.68. The summed E-state index contributed by atoms with van der Waals surface area (Å²) in [4.78, 5) is 13.9. The fourth-order valence-corrected chi connectivity index (χ4v) is 2.44. The van der Waals surface area contributed by atoms with E-state index in [-0.39, 0.29) is 6.09 Å². The van der Waals surface area contributed by atoms with Crippen LogP contribution in [0.3, 0.4) is 0 Å². The maximum atomic E-state index is 11.9. The summed E-state index contributed by atoms with van der Waals surface area (Å²) in [5.74, 6) is 0. The van der Waals surface area contributed by atoms with Crippen LogP contribution in [0.4, 0.5) is 4.79 Å². The second-order valence-corrected chi connectivity index (χ2v) is 4.95. The molecular weight excluding hydrogens is 214 g/mol. The minimum Gasteiger partial charge on any atom is -0.449 e. The van der Waals surface area contributed by atoms with Crippen LogP contribution < -0.4 is 0 Å². The molecule has 0 bridgehead atoms. The van der Waals surface area contributed by atoms with Crippen molar-refractivity contribution in [3.8, 4) is 0 Å². The van der Waals surface area contributed by atoms with Gasteiger partial charge >= 0.3 is 6.09 Å². The summed E-state index contributed by atoms with van der Waals surface area (Å²) in [6.07, 6.45) is 9.26. The molecular formula is C14H27NO2. The van der Waals surface area contributed by atoms with Crippen LogP contribution in [0, 0.1) is 0 Å². The number of likely N-dealkylation sites (tertiary alicyclic amines) is 1. The molecule has 3 nitrogen and oxygen atoms in total. The average Bonchev–Trinajstić information content (AvgIpc) is 2.37. The summed E-state index contributed by atoms with van der Waals surface area (Å²) in [5, 5.41) is 0. The van der Waals surface area contributed by atoms with E-state index in [0.717, 1.165) is 32.2 Å². The topological polar surface area (TPSA) is 29.5 Å². The Balaban J connectivity index is 2.38. The van der Waals surface area contributed by atoms with E-state index in [4.69, 9.17) is 4.74 Å². The highest BCUT2D eigenvalue weighted by Crippen LogP contribution is 2.22. The lowest BCUT2D eigenvalue weighted by atomic mass is 9.97. The van der Waals surface area contributed by atoms with Gasteiger partial charge in [0.25, 0.3) is 0 Å². The fraction of sp³-hybridized carbons (Fsp3) is 0.929. The molecule has 0 aliphatic carbocycles. The zero-order valence-corrected chi connectivity index (χ0v) is 11.4. The first kappa shape index (κ1) is 14.3. The molecule has 1 heterocycles. The van der Waals surface area contributed by atoms with E-state index in [1.807, 2.05) is 11.8 Å². The van der Waals surface area contributed by atoms with Crippen molar-refractivity contribution in [2.24, 2.45) is 0 Å². The first-order valence-corrected chi connectivity index (χ1v) is 7.23. The van der Waals surface area contributed by atoms with Crippen LogP contribution in [-0.2, 0) is 4.74 Å². The van der Waals surface area contributed by atoms with E-state index in [0.29, 0.717) is 12.6 Å². The Morgan fingerprint density at radius 3 is 2.76 bits per heavy atom. The molecule has 0 aromatic carbocycles. The lowest BCUT2D eigenvalue weighted by molar-refractivity contribution is 0.0703. The van der Waals surface area contributed by atoms with Crippen molar-refractivity contribution >= 4 is 6.09 Å². The SMILES string of the molecule is CCCCC[C@H]1CCCCN1C(=O)OCCC. The van der Waals surface area contributed by atoms with Crippen LogP contribution in [-0.4, -0.2) is 30.2 Å². The number of carbonyl (C=O) groups is 1. The van der Waals surface area contributed by atoms with Gasteiger partial charge in [-0.3, -0.25) is 0 Å². The molecule has 1 aliphatic heterocycles. The number of amides is 1. The largest absolute Gasteiger partial charge is 0.449 e. The number of hydrogen-bond donors (Lipinski definition) is 0. The summed E-state index contributed by atoms with van der Waals surface area (Å²) < 4.78 is 5.25. The Bertz CT molecular complexity index is 218. The van der Waals surface area contributed by atoms with Gasteiger partial charge in [-0.1, -0.05) is 33.1 Å². The van der Waals surface area contributed by atoms with Gasteiger partial charge < -0.3 is 9.64 Å². The molecule has 1 fully saturated rings. The molecule has 0 saturated carbocycles. The van der Waals surface area contributed by atoms with Crippen molar-refractivity contribution in [1.29, 1.82) is 0 Å². The van der Waals surface area contributed by atoms with Crippen molar-refractivity contribution in [3.63, 3.8) is 0 Å². The lowest BCUT2D eigenvalue weighted by Gasteiger charge is -2.35. The molecule has 1 saturated heterocycles. The highest BCUT2D eigenvalue weighted by Gasteiger charge is 2.26. The third-order valence-corrected chi connectivity index (χ3v) is 3.43. The molecule has 0 N–H and O–H groups in total. The number of ether oxygens (including phenoxy) is 1. The van der Waals surface area contributed by atoms with Gasteiger partial charge in [0.15, 0.2) is 0 Å². The number of carbonyl (C=O) groups excluding carboxylic acids is 1. The molecule has 100 valence electrons. The molecule has 0 aromatic rings. The number of nitrogens with zero attached hydrogens (tertiary/aromatic N) is 1. The Morgan fingerprint density at radius 2 is 2.06 bits per heavy atom. The third-order valence-electron chi connectivity index (χ3n) is 3.43. The van der Waals surface area contributed by atoms with Crippen LogP contribution in [0.1, 0.15) is 65.2 Å². The lowest BCUT2D eigenvalue weighted by Crippen LogP contribution is -2.44. The minimum atomic E-state index is -0.0898. The summed E-state index contributed by atoms with van der Waals surface area (Å²) in [6.45, 7) is 5.69. The molecule has 0 unspecified atom stereocenters. The zero-order chi connectivity index (χ0) is 12.5. The molecule has 0 radical (unpaired) electrons. The van der Waals surface area contributed by atoms with E-state index in [2.05, 4.69) is 6.92 Å². The van der Waals surface area contributed by atoms with Crippen molar-refractivity contribution < 1.29 is 9.53 Å². The van der Waals surface area contributed by atoms with E-state index >= 15 is 0 Å². The first-order valence-electron chi connectivity index (χ1n) is 7.23. The number of unbranched alkanes of at least 4 members (excludes halogenated alkanes) is 2. The van der Waals surface area contributed by atoms with Crippen LogP contribution in [0.25, 0.3) is 0 Å². The predicted molar refractivity (Wildman–Crippen MR) is 70.1 cm³/mol. The van der Waals surface area contributed by atoms with Gasteiger partial charge in [-0.05, 0) is 32.1 Å². The molecule has 3 heteroatoms. The number of hydrogen-bond acceptors (Lipinski definition) is 2. The van der Waals surface area contributed by atoms with Gasteiger partial charge in [0.2, 0.25) is 0 Å². The van der Waals surface area contributed by atoms with Crippen LogP contribution in [0.15, 0.2) is 0 Å². The Hall–Kier alpha value is -0.730. The van der Waals surface area contributed by atoms with Gasteiger partial charge in [-0.15, -0.1) is 0 Å². The minimum absolute atomic E-state index is 0.0898. The van der Waals surface area contributed by atoms with E-state index in [1.54, 1.807) is 0 Å². The van der Waals surface area contributed by atoms with E-state index in [9.17, 15) is 4.79 Å². The Kier molecular flexibility index (Phi) is 7.06. The normalized spacial score (nSPS) is 20.4. The van der Waals surface area contributed by atoms with Gasteiger partial charge in [-0.2, -0.15) is 0 Å². The molecule has 0 aromatic heterocycles. The van der Waals surface area contributed by atoms with Gasteiger partial charge in [0, 0.05) is 12.6 Å². The summed E-state index contributed by atoms with van der Waals surface area (Å²) in [5.41, 5.74) is 0. The van der Waals surface area contributed by atoms with Crippen LogP contribution in [0.2, 0.25) is 0 Å². The van der Waals surface area contributed by atoms with Gasteiger partial charge in [0.05, 0.1) is 6.61 Å². The molecule has 1 aliphatic rings. The Labute approximate surface area is 106 Å². The third kappa shape index (κ3) is 4.97. The molecule has 1 amide bonds. The van der Waals surface area contributed by atoms with Crippen molar-refractivity contribution in [2.75, 3.05) is 13.2 Å². The molecule has 1 atom stereocenters.